The number of benzene rings is 3. The molecule has 2 aliphatic heterocycles. The molecule has 0 radical (unpaired) electrons. The van der Waals surface area contributed by atoms with Crippen molar-refractivity contribution in [2.75, 3.05) is 13.2 Å². The first-order valence-electron chi connectivity index (χ1n) is 9.49. The van der Waals surface area contributed by atoms with Crippen LogP contribution >= 0.6 is 0 Å². The molecule has 3 aromatic rings. The third-order valence-corrected chi connectivity index (χ3v) is 5.03. The summed E-state index contributed by atoms with van der Waals surface area (Å²) in [5.74, 6) is 1.35. The normalized spacial score (nSPS) is 20.9. The predicted molar refractivity (Wildman–Crippen MR) is 110 cm³/mol. The van der Waals surface area contributed by atoms with Gasteiger partial charge in [-0.1, -0.05) is 66.7 Å². The van der Waals surface area contributed by atoms with Crippen molar-refractivity contribution >= 4 is 11.8 Å². The number of ether oxygens (including phenoxy) is 2. The van der Waals surface area contributed by atoms with E-state index in [2.05, 4.69) is 24.3 Å². The fourth-order valence-corrected chi connectivity index (χ4v) is 3.54. The van der Waals surface area contributed by atoms with E-state index in [0.717, 1.165) is 11.1 Å². The molecule has 0 aromatic heterocycles. The number of hydrogen-bond acceptors (Lipinski definition) is 4. The number of nitrogens with zero attached hydrogens (tertiary/aromatic N) is 2. The van der Waals surface area contributed by atoms with Crippen molar-refractivity contribution < 1.29 is 9.47 Å². The minimum absolute atomic E-state index is 0.0439. The minimum atomic E-state index is 0.0439. The second-order valence-corrected chi connectivity index (χ2v) is 6.92. The molecular formula is C24H20N2O2. The summed E-state index contributed by atoms with van der Waals surface area (Å²) in [5, 5.41) is 0. The molecule has 0 spiro atoms. The van der Waals surface area contributed by atoms with E-state index in [1.807, 2.05) is 60.7 Å². The van der Waals surface area contributed by atoms with Crippen LogP contribution in [0.25, 0.3) is 0 Å². The Labute approximate surface area is 164 Å². The Hall–Kier alpha value is -3.40. The van der Waals surface area contributed by atoms with Gasteiger partial charge in [-0.3, -0.25) is 0 Å². The Balaban J connectivity index is 1.39. The van der Waals surface area contributed by atoms with E-state index in [-0.39, 0.29) is 12.1 Å². The maximum atomic E-state index is 5.88. The van der Waals surface area contributed by atoms with Crippen LogP contribution in [0.2, 0.25) is 0 Å². The highest BCUT2D eigenvalue weighted by Crippen LogP contribution is 2.27. The van der Waals surface area contributed by atoms with E-state index in [9.17, 15) is 0 Å². The molecule has 2 heterocycles. The molecule has 4 heteroatoms. The molecular weight excluding hydrogens is 348 g/mol. The molecule has 2 aliphatic rings. The van der Waals surface area contributed by atoms with Crippen LogP contribution in [-0.2, 0) is 9.47 Å². The van der Waals surface area contributed by atoms with Gasteiger partial charge in [-0.2, -0.15) is 0 Å². The summed E-state index contributed by atoms with van der Waals surface area (Å²) in [6, 6.07) is 28.6. The SMILES string of the molecule is c1ccc([C@@H]2COC(c3cccc(C4=N[C@H](c5ccccc5)CO4)c3)=N2)cc1. The first-order valence-corrected chi connectivity index (χ1v) is 9.49. The van der Waals surface area contributed by atoms with Gasteiger partial charge in [-0.15, -0.1) is 0 Å². The third kappa shape index (κ3) is 3.29. The molecule has 0 aliphatic carbocycles. The molecule has 0 bridgehead atoms. The first-order chi connectivity index (χ1) is 13.9. The summed E-state index contributed by atoms with van der Waals surface area (Å²) in [6.07, 6.45) is 0. The van der Waals surface area contributed by atoms with Gasteiger partial charge in [0.15, 0.2) is 0 Å². The highest BCUT2D eigenvalue weighted by molar-refractivity contribution is 6.00. The van der Waals surface area contributed by atoms with E-state index in [1.165, 1.54) is 11.1 Å². The van der Waals surface area contributed by atoms with Crippen molar-refractivity contribution in [2.24, 2.45) is 9.98 Å². The Bertz CT molecular complexity index is 948. The number of hydrogen-bond donors (Lipinski definition) is 0. The van der Waals surface area contributed by atoms with E-state index >= 15 is 0 Å². The summed E-state index contributed by atoms with van der Waals surface area (Å²) < 4.78 is 11.8. The van der Waals surface area contributed by atoms with Gasteiger partial charge < -0.3 is 9.47 Å². The van der Waals surface area contributed by atoms with E-state index in [0.29, 0.717) is 25.0 Å². The zero-order valence-corrected chi connectivity index (χ0v) is 15.4. The molecule has 0 fully saturated rings. The topological polar surface area (TPSA) is 43.2 Å². The molecule has 0 saturated carbocycles. The number of aliphatic imine (C=N–C) groups is 2. The number of rotatable bonds is 4. The van der Waals surface area contributed by atoms with Crippen LogP contribution < -0.4 is 0 Å². The maximum Gasteiger partial charge on any atom is 0.216 e. The summed E-state index contributed by atoms with van der Waals surface area (Å²) in [7, 11) is 0. The highest BCUT2D eigenvalue weighted by Gasteiger charge is 2.24. The van der Waals surface area contributed by atoms with Crippen molar-refractivity contribution in [3.05, 3.63) is 107 Å². The highest BCUT2D eigenvalue weighted by atomic mass is 16.5. The van der Waals surface area contributed by atoms with Gasteiger partial charge in [0.2, 0.25) is 11.8 Å². The van der Waals surface area contributed by atoms with Crippen molar-refractivity contribution in [2.45, 2.75) is 12.1 Å². The van der Waals surface area contributed by atoms with Gasteiger partial charge >= 0.3 is 0 Å². The van der Waals surface area contributed by atoms with Crippen molar-refractivity contribution in [3.8, 4) is 0 Å². The zero-order chi connectivity index (χ0) is 18.8. The maximum absolute atomic E-state index is 5.88. The third-order valence-electron chi connectivity index (χ3n) is 5.03. The van der Waals surface area contributed by atoms with Gasteiger partial charge in [-0.25, -0.2) is 9.98 Å². The molecule has 138 valence electrons. The van der Waals surface area contributed by atoms with E-state index < -0.39 is 0 Å². The Morgan fingerprint density at radius 2 is 1.04 bits per heavy atom. The smallest absolute Gasteiger partial charge is 0.216 e. The van der Waals surface area contributed by atoms with Gasteiger partial charge in [0.25, 0.3) is 0 Å². The van der Waals surface area contributed by atoms with Crippen molar-refractivity contribution in [1.82, 2.24) is 0 Å². The van der Waals surface area contributed by atoms with E-state index in [4.69, 9.17) is 19.5 Å². The lowest BCUT2D eigenvalue weighted by Crippen LogP contribution is -2.05. The Morgan fingerprint density at radius 3 is 1.50 bits per heavy atom. The van der Waals surface area contributed by atoms with Crippen LogP contribution in [0.4, 0.5) is 0 Å². The molecule has 5 rings (SSSR count). The quantitative estimate of drug-likeness (QED) is 0.669. The predicted octanol–water partition coefficient (Wildman–Crippen LogP) is 4.72. The van der Waals surface area contributed by atoms with Crippen LogP contribution in [0.15, 0.2) is 94.9 Å². The molecule has 0 unspecified atom stereocenters. The molecule has 0 amide bonds. The summed E-state index contributed by atoms with van der Waals surface area (Å²) in [5.41, 5.74) is 4.24. The second-order valence-electron chi connectivity index (χ2n) is 6.92. The monoisotopic (exact) mass is 368 g/mol. The standard InChI is InChI=1S/C24H20N2O2/c1-3-8-17(9-4-1)21-15-27-23(25-21)19-12-7-13-20(14-19)24-26-22(16-28-24)18-10-5-2-6-11-18/h1-14,21-22H,15-16H2/t21-,22-/m0/s1. The fourth-order valence-electron chi connectivity index (χ4n) is 3.54. The lowest BCUT2D eigenvalue weighted by molar-refractivity contribution is 0.319. The van der Waals surface area contributed by atoms with Gasteiger partial charge in [0.1, 0.15) is 25.3 Å². The first kappa shape index (κ1) is 16.8. The molecule has 2 atom stereocenters. The average molecular weight is 368 g/mol. The van der Waals surface area contributed by atoms with E-state index in [1.54, 1.807) is 0 Å². The van der Waals surface area contributed by atoms with Crippen LogP contribution in [0.1, 0.15) is 34.3 Å². The Kier molecular flexibility index (Phi) is 4.37. The summed E-state index contributed by atoms with van der Waals surface area (Å²) >= 11 is 0. The van der Waals surface area contributed by atoms with Crippen molar-refractivity contribution in [3.63, 3.8) is 0 Å². The zero-order valence-electron chi connectivity index (χ0n) is 15.4. The molecule has 3 aromatic carbocycles. The van der Waals surface area contributed by atoms with Crippen molar-refractivity contribution in [1.29, 1.82) is 0 Å². The lowest BCUT2D eigenvalue weighted by Gasteiger charge is -2.05. The molecule has 4 nitrogen and oxygen atoms in total. The fraction of sp³-hybridized carbons (Fsp3) is 0.167. The largest absolute Gasteiger partial charge is 0.475 e. The average Bonchev–Trinajstić information content (AvgIpc) is 3.46. The van der Waals surface area contributed by atoms with Crippen LogP contribution in [0, 0.1) is 0 Å². The minimum Gasteiger partial charge on any atom is -0.475 e. The molecule has 0 N–H and O–H groups in total. The van der Waals surface area contributed by atoms with Crippen LogP contribution in [0.3, 0.4) is 0 Å². The van der Waals surface area contributed by atoms with Gasteiger partial charge in [0, 0.05) is 11.1 Å². The summed E-state index contributed by atoms with van der Waals surface area (Å²) in [6.45, 7) is 1.13. The second kappa shape index (κ2) is 7.31. The lowest BCUT2D eigenvalue weighted by atomic mass is 10.1. The van der Waals surface area contributed by atoms with Crippen LogP contribution in [-0.4, -0.2) is 25.0 Å². The van der Waals surface area contributed by atoms with Gasteiger partial charge in [0.05, 0.1) is 0 Å². The molecule has 0 saturated heterocycles. The van der Waals surface area contributed by atoms with Gasteiger partial charge in [-0.05, 0) is 29.3 Å². The summed E-state index contributed by atoms with van der Waals surface area (Å²) in [4.78, 5) is 9.55. The molecule has 28 heavy (non-hydrogen) atoms. The Morgan fingerprint density at radius 1 is 0.571 bits per heavy atom. The van der Waals surface area contributed by atoms with Crippen LogP contribution in [0.5, 0.6) is 0 Å².